The molecule has 0 spiro atoms. The second-order valence-electron chi connectivity index (χ2n) is 2.93. The van der Waals surface area contributed by atoms with E-state index in [1.807, 2.05) is 11.4 Å². The van der Waals surface area contributed by atoms with Crippen molar-refractivity contribution >= 4 is 34.8 Å². The highest BCUT2D eigenvalue weighted by Gasteiger charge is 2.03. The number of hydrogen-bond acceptors (Lipinski definition) is 4. The molecule has 0 aliphatic heterocycles. The first-order chi connectivity index (χ1) is 7.72. The minimum absolute atomic E-state index is 0.301. The first kappa shape index (κ1) is 12.9. The van der Waals surface area contributed by atoms with Gasteiger partial charge in [0.05, 0.1) is 6.61 Å². The summed E-state index contributed by atoms with van der Waals surface area (Å²) in [7, 11) is 0. The van der Waals surface area contributed by atoms with E-state index in [4.69, 9.17) is 12.2 Å². The summed E-state index contributed by atoms with van der Waals surface area (Å²) in [5.74, 6) is 0. The van der Waals surface area contributed by atoms with E-state index in [0.29, 0.717) is 18.3 Å². The van der Waals surface area contributed by atoms with Crippen LogP contribution in [-0.2, 0) is 11.2 Å². The largest absolute Gasteiger partial charge is 0.450 e. The fourth-order valence-electron chi connectivity index (χ4n) is 1.06. The summed E-state index contributed by atoms with van der Waals surface area (Å²) in [6, 6.07) is 4.07. The van der Waals surface area contributed by atoms with Crippen LogP contribution in [-0.4, -0.2) is 24.4 Å². The fourth-order valence-corrected chi connectivity index (χ4v) is 1.95. The molecule has 0 radical (unpaired) electrons. The van der Waals surface area contributed by atoms with Gasteiger partial charge in [0.1, 0.15) is 0 Å². The van der Waals surface area contributed by atoms with E-state index >= 15 is 0 Å². The molecule has 1 rings (SSSR count). The summed E-state index contributed by atoms with van der Waals surface area (Å²) in [4.78, 5) is 12.3. The lowest BCUT2D eigenvalue weighted by atomic mass is 10.3. The molecule has 0 bridgehead atoms. The summed E-state index contributed by atoms with van der Waals surface area (Å²) in [5, 5.41) is 7.69. The van der Waals surface area contributed by atoms with E-state index in [9.17, 15) is 4.79 Å². The smallest absolute Gasteiger partial charge is 0.413 e. The number of carbonyl (C=O) groups excluding carboxylic acids is 1. The Labute approximate surface area is 104 Å². The predicted molar refractivity (Wildman–Crippen MR) is 68.8 cm³/mol. The molecule has 1 amide bonds. The van der Waals surface area contributed by atoms with Gasteiger partial charge in [0.2, 0.25) is 0 Å². The second kappa shape index (κ2) is 7.19. The highest BCUT2D eigenvalue weighted by Crippen LogP contribution is 2.07. The lowest BCUT2D eigenvalue weighted by Gasteiger charge is -2.08. The zero-order valence-electron chi connectivity index (χ0n) is 8.99. The molecule has 1 heterocycles. The lowest BCUT2D eigenvalue weighted by Crippen LogP contribution is -2.40. The van der Waals surface area contributed by atoms with Gasteiger partial charge in [-0.15, -0.1) is 11.3 Å². The van der Waals surface area contributed by atoms with Crippen LogP contribution in [0.15, 0.2) is 17.5 Å². The monoisotopic (exact) mass is 258 g/mol. The van der Waals surface area contributed by atoms with Crippen molar-refractivity contribution in [2.24, 2.45) is 0 Å². The molecule has 88 valence electrons. The number of ether oxygens (including phenoxy) is 1. The average Bonchev–Trinajstić information content (AvgIpc) is 2.70. The van der Waals surface area contributed by atoms with Crippen molar-refractivity contribution in [3.8, 4) is 0 Å². The Morgan fingerprint density at radius 2 is 2.44 bits per heavy atom. The van der Waals surface area contributed by atoms with Crippen molar-refractivity contribution in [2.45, 2.75) is 13.3 Å². The molecule has 1 aromatic rings. The molecule has 0 aromatic carbocycles. The Kier molecular flexibility index (Phi) is 5.81. The number of alkyl carbamates (subject to hydrolysis) is 1. The molecule has 0 unspecified atom stereocenters. The molecule has 1 aromatic heterocycles. The molecular weight excluding hydrogens is 244 g/mol. The maximum atomic E-state index is 11.0. The van der Waals surface area contributed by atoms with Crippen LogP contribution in [0.4, 0.5) is 4.79 Å². The highest BCUT2D eigenvalue weighted by molar-refractivity contribution is 7.80. The minimum atomic E-state index is -0.517. The van der Waals surface area contributed by atoms with Gasteiger partial charge < -0.3 is 10.1 Å². The first-order valence-electron chi connectivity index (χ1n) is 4.96. The van der Waals surface area contributed by atoms with Gasteiger partial charge in [-0.2, -0.15) is 0 Å². The zero-order chi connectivity index (χ0) is 11.8. The van der Waals surface area contributed by atoms with E-state index in [0.717, 1.165) is 6.42 Å². The SMILES string of the molecule is CCOC(=O)NC(=S)NCCc1cccs1. The standard InChI is InChI=1S/C10H14N2O2S2/c1-2-14-10(13)12-9(15)11-6-5-8-4-3-7-16-8/h3-4,7H,2,5-6H2,1H3,(H2,11,12,13,15). The maximum Gasteiger partial charge on any atom is 0.413 e. The number of nitrogens with one attached hydrogen (secondary N) is 2. The summed E-state index contributed by atoms with van der Waals surface area (Å²) in [6.07, 6.45) is 0.374. The van der Waals surface area contributed by atoms with Crippen LogP contribution in [0.2, 0.25) is 0 Å². The number of rotatable bonds is 4. The predicted octanol–water partition coefficient (Wildman–Crippen LogP) is 1.91. The number of thiophene rings is 1. The van der Waals surface area contributed by atoms with E-state index < -0.39 is 6.09 Å². The van der Waals surface area contributed by atoms with E-state index in [1.165, 1.54) is 4.88 Å². The van der Waals surface area contributed by atoms with Crippen molar-refractivity contribution in [3.63, 3.8) is 0 Å². The number of carbonyl (C=O) groups is 1. The van der Waals surface area contributed by atoms with Gasteiger partial charge in [-0.1, -0.05) is 6.07 Å². The zero-order valence-corrected chi connectivity index (χ0v) is 10.6. The Balaban J connectivity index is 2.13. The third-order valence-corrected chi connectivity index (χ3v) is 2.91. The third kappa shape index (κ3) is 5.09. The molecule has 0 saturated carbocycles. The summed E-state index contributed by atoms with van der Waals surface area (Å²) in [6.45, 7) is 2.78. The Bertz CT molecular complexity index is 339. The Morgan fingerprint density at radius 1 is 1.62 bits per heavy atom. The summed E-state index contributed by atoms with van der Waals surface area (Å²) >= 11 is 6.62. The Hall–Kier alpha value is -1.14. The summed E-state index contributed by atoms with van der Waals surface area (Å²) in [5.41, 5.74) is 0. The van der Waals surface area contributed by atoms with Gasteiger partial charge in [-0.05, 0) is 37.0 Å². The van der Waals surface area contributed by atoms with E-state index in [2.05, 4.69) is 21.4 Å². The van der Waals surface area contributed by atoms with E-state index in [-0.39, 0.29) is 0 Å². The molecule has 0 aliphatic rings. The normalized spacial score (nSPS) is 9.56. The Morgan fingerprint density at radius 3 is 3.06 bits per heavy atom. The molecule has 0 aliphatic carbocycles. The van der Waals surface area contributed by atoms with E-state index in [1.54, 1.807) is 18.3 Å². The van der Waals surface area contributed by atoms with Gasteiger partial charge in [0.25, 0.3) is 0 Å². The second-order valence-corrected chi connectivity index (χ2v) is 4.37. The average molecular weight is 258 g/mol. The van der Waals surface area contributed by atoms with Crippen LogP contribution in [0.3, 0.4) is 0 Å². The van der Waals surface area contributed by atoms with Crippen molar-refractivity contribution in [2.75, 3.05) is 13.2 Å². The van der Waals surface area contributed by atoms with Crippen LogP contribution in [0.1, 0.15) is 11.8 Å². The van der Waals surface area contributed by atoms with Crippen molar-refractivity contribution in [1.29, 1.82) is 0 Å². The van der Waals surface area contributed by atoms with Crippen LogP contribution in [0.25, 0.3) is 0 Å². The molecule has 2 N–H and O–H groups in total. The van der Waals surface area contributed by atoms with Gasteiger partial charge in [0, 0.05) is 11.4 Å². The topological polar surface area (TPSA) is 50.4 Å². The molecule has 4 nitrogen and oxygen atoms in total. The quantitative estimate of drug-likeness (QED) is 0.810. The molecule has 0 atom stereocenters. The van der Waals surface area contributed by atoms with Gasteiger partial charge in [-0.3, -0.25) is 5.32 Å². The third-order valence-electron chi connectivity index (χ3n) is 1.73. The van der Waals surface area contributed by atoms with Crippen molar-refractivity contribution in [1.82, 2.24) is 10.6 Å². The number of thiocarbonyl (C=S) groups is 1. The number of amides is 1. The molecule has 0 fully saturated rings. The highest BCUT2D eigenvalue weighted by atomic mass is 32.1. The van der Waals surface area contributed by atoms with Crippen molar-refractivity contribution < 1.29 is 9.53 Å². The van der Waals surface area contributed by atoms with Crippen LogP contribution in [0.5, 0.6) is 0 Å². The lowest BCUT2D eigenvalue weighted by molar-refractivity contribution is 0.157. The van der Waals surface area contributed by atoms with Crippen molar-refractivity contribution in [3.05, 3.63) is 22.4 Å². The molecular formula is C10H14N2O2S2. The summed E-state index contributed by atoms with van der Waals surface area (Å²) < 4.78 is 4.69. The van der Waals surface area contributed by atoms with Crippen LogP contribution >= 0.6 is 23.6 Å². The fraction of sp³-hybridized carbons (Fsp3) is 0.400. The maximum absolute atomic E-state index is 11.0. The van der Waals surface area contributed by atoms with Crippen LogP contribution in [0, 0.1) is 0 Å². The first-order valence-corrected chi connectivity index (χ1v) is 6.25. The van der Waals surface area contributed by atoms with Gasteiger partial charge in [0.15, 0.2) is 5.11 Å². The molecule has 6 heteroatoms. The van der Waals surface area contributed by atoms with Gasteiger partial charge in [-0.25, -0.2) is 4.79 Å². The van der Waals surface area contributed by atoms with Gasteiger partial charge >= 0.3 is 6.09 Å². The molecule has 0 saturated heterocycles. The minimum Gasteiger partial charge on any atom is -0.450 e. The number of hydrogen-bond donors (Lipinski definition) is 2. The molecule has 16 heavy (non-hydrogen) atoms. The van der Waals surface area contributed by atoms with Crippen LogP contribution < -0.4 is 10.6 Å².